The molecule has 1 aliphatic heterocycles. The fourth-order valence-electron chi connectivity index (χ4n) is 3.38. The Morgan fingerprint density at radius 1 is 1.26 bits per heavy atom. The van der Waals surface area contributed by atoms with Gasteiger partial charge in [0.2, 0.25) is 0 Å². The van der Waals surface area contributed by atoms with Gasteiger partial charge in [0.05, 0.1) is 0 Å². The Balaban J connectivity index is 1.64. The Labute approximate surface area is 116 Å². The second-order valence-electron chi connectivity index (χ2n) is 6.45. The molecule has 1 aromatic rings. The highest BCUT2D eigenvalue weighted by atomic mass is 16.5. The van der Waals surface area contributed by atoms with Gasteiger partial charge < -0.3 is 10.1 Å². The third-order valence-electron chi connectivity index (χ3n) is 4.84. The Bertz CT molecular complexity index is 423. The van der Waals surface area contributed by atoms with Crippen LogP contribution in [0.3, 0.4) is 0 Å². The quantitative estimate of drug-likeness (QED) is 0.897. The van der Waals surface area contributed by atoms with Gasteiger partial charge in [-0.15, -0.1) is 0 Å². The van der Waals surface area contributed by atoms with Gasteiger partial charge in [-0.2, -0.15) is 0 Å². The molecule has 1 saturated heterocycles. The molecular formula is C17H25NO. The summed E-state index contributed by atoms with van der Waals surface area (Å²) in [6.45, 7) is 5.38. The van der Waals surface area contributed by atoms with Crippen molar-refractivity contribution in [2.75, 3.05) is 19.8 Å². The van der Waals surface area contributed by atoms with Crippen LogP contribution in [0.5, 0.6) is 0 Å². The smallest absolute Gasteiger partial charge is 0.0471 e. The maximum atomic E-state index is 5.49. The molecule has 2 nitrogen and oxygen atoms in total. The zero-order chi connectivity index (χ0) is 13.1. The van der Waals surface area contributed by atoms with E-state index in [0.717, 1.165) is 19.8 Å². The highest BCUT2D eigenvalue weighted by Gasteiger charge is 2.29. The maximum absolute atomic E-state index is 5.49. The number of aryl methyl sites for hydroxylation is 1. The van der Waals surface area contributed by atoms with Gasteiger partial charge in [-0.1, -0.05) is 31.2 Å². The number of ether oxygens (including phenoxy) is 1. The van der Waals surface area contributed by atoms with Gasteiger partial charge in [0.15, 0.2) is 0 Å². The summed E-state index contributed by atoms with van der Waals surface area (Å²) in [5.41, 5.74) is 3.50. The van der Waals surface area contributed by atoms with Crippen LogP contribution in [0.4, 0.5) is 0 Å². The van der Waals surface area contributed by atoms with E-state index >= 15 is 0 Å². The van der Waals surface area contributed by atoms with E-state index in [4.69, 9.17) is 4.74 Å². The van der Waals surface area contributed by atoms with E-state index in [1.54, 1.807) is 5.56 Å². The van der Waals surface area contributed by atoms with E-state index < -0.39 is 0 Å². The fourth-order valence-corrected chi connectivity index (χ4v) is 3.38. The minimum Gasteiger partial charge on any atom is -0.381 e. The highest BCUT2D eigenvalue weighted by molar-refractivity contribution is 5.32. The molecule has 1 atom stereocenters. The number of rotatable bonds is 3. The van der Waals surface area contributed by atoms with Gasteiger partial charge in [0.1, 0.15) is 0 Å². The first-order valence-corrected chi connectivity index (χ1v) is 7.66. The monoisotopic (exact) mass is 259 g/mol. The Morgan fingerprint density at radius 2 is 2.05 bits per heavy atom. The summed E-state index contributed by atoms with van der Waals surface area (Å²) in [6, 6.07) is 9.50. The van der Waals surface area contributed by atoms with Crippen molar-refractivity contribution in [3.05, 3.63) is 35.4 Å². The third-order valence-corrected chi connectivity index (χ3v) is 4.84. The predicted molar refractivity (Wildman–Crippen MR) is 78.3 cm³/mol. The van der Waals surface area contributed by atoms with E-state index in [1.165, 1.54) is 37.7 Å². The van der Waals surface area contributed by atoms with Gasteiger partial charge >= 0.3 is 0 Å². The van der Waals surface area contributed by atoms with Crippen LogP contribution in [0, 0.1) is 5.41 Å². The summed E-state index contributed by atoms with van der Waals surface area (Å²) < 4.78 is 5.49. The van der Waals surface area contributed by atoms with E-state index in [2.05, 4.69) is 36.5 Å². The average molecular weight is 259 g/mol. The fraction of sp³-hybridized carbons (Fsp3) is 0.647. The molecule has 0 saturated carbocycles. The van der Waals surface area contributed by atoms with Crippen molar-refractivity contribution in [3.63, 3.8) is 0 Å². The van der Waals surface area contributed by atoms with Crippen molar-refractivity contribution in [1.29, 1.82) is 0 Å². The second-order valence-corrected chi connectivity index (χ2v) is 6.45. The molecule has 0 bridgehead atoms. The molecule has 3 rings (SSSR count). The highest BCUT2D eigenvalue weighted by Crippen LogP contribution is 2.33. The van der Waals surface area contributed by atoms with Crippen LogP contribution in [0.15, 0.2) is 24.3 Å². The molecule has 1 aliphatic carbocycles. The second kappa shape index (κ2) is 5.64. The topological polar surface area (TPSA) is 21.3 Å². The minimum absolute atomic E-state index is 0.421. The van der Waals surface area contributed by atoms with E-state index in [0.29, 0.717) is 11.5 Å². The molecule has 0 radical (unpaired) electrons. The third kappa shape index (κ3) is 3.01. The molecule has 1 unspecified atom stereocenters. The molecule has 1 aromatic carbocycles. The molecule has 1 heterocycles. The molecular weight excluding hydrogens is 234 g/mol. The molecule has 2 aliphatic rings. The van der Waals surface area contributed by atoms with Crippen molar-refractivity contribution < 1.29 is 4.74 Å². The number of hydrogen-bond acceptors (Lipinski definition) is 2. The molecule has 0 spiro atoms. The number of benzene rings is 1. The summed E-state index contributed by atoms with van der Waals surface area (Å²) in [7, 11) is 0. The minimum atomic E-state index is 0.421. The molecule has 1 N–H and O–H groups in total. The van der Waals surface area contributed by atoms with Crippen molar-refractivity contribution in [1.82, 2.24) is 5.32 Å². The summed E-state index contributed by atoms with van der Waals surface area (Å²) in [4.78, 5) is 0. The molecule has 104 valence electrons. The Hall–Kier alpha value is -0.860. The SMILES string of the molecule is CC1(CNC2CCCc3ccccc32)CCOCC1. The first-order chi connectivity index (χ1) is 9.27. The zero-order valence-corrected chi connectivity index (χ0v) is 12.0. The molecule has 2 heteroatoms. The molecule has 19 heavy (non-hydrogen) atoms. The van der Waals surface area contributed by atoms with Gasteiger partial charge in [-0.05, 0) is 48.6 Å². The molecule has 0 amide bonds. The number of fused-ring (bicyclic) bond motifs is 1. The molecule has 0 aromatic heterocycles. The van der Waals surface area contributed by atoms with Crippen molar-refractivity contribution in [2.45, 2.75) is 45.1 Å². The predicted octanol–water partition coefficient (Wildman–Crippen LogP) is 3.47. The molecule has 1 fully saturated rings. The van der Waals surface area contributed by atoms with Gasteiger partial charge in [0, 0.05) is 25.8 Å². The van der Waals surface area contributed by atoms with Gasteiger partial charge in [-0.3, -0.25) is 0 Å². The average Bonchev–Trinajstić information content (AvgIpc) is 2.46. The van der Waals surface area contributed by atoms with Crippen LogP contribution < -0.4 is 5.32 Å². The maximum Gasteiger partial charge on any atom is 0.0471 e. The lowest BCUT2D eigenvalue weighted by molar-refractivity contribution is 0.0226. The van der Waals surface area contributed by atoms with Crippen LogP contribution in [0.1, 0.15) is 49.8 Å². The summed E-state index contributed by atoms with van der Waals surface area (Å²) in [5.74, 6) is 0. The summed E-state index contributed by atoms with van der Waals surface area (Å²) in [5, 5.41) is 3.83. The summed E-state index contributed by atoms with van der Waals surface area (Å²) in [6.07, 6.45) is 6.22. The first-order valence-electron chi connectivity index (χ1n) is 7.66. The summed E-state index contributed by atoms with van der Waals surface area (Å²) >= 11 is 0. The van der Waals surface area contributed by atoms with Crippen LogP contribution in [0.25, 0.3) is 0 Å². The number of hydrogen-bond donors (Lipinski definition) is 1. The van der Waals surface area contributed by atoms with Gasteiger partial charge in [0.25, 0.3) is 0 Å². The standard InChI is InChI=1S/C17H25NO/c1-17(9-11-19-12-10-17)13-18-16-8-4-6-14-5-2-3-7-15(14)16/h2-3,5,7,16,18H,4,6,8-13H2,1H3. The van der Waals surface area contributed by atoms with Crippen LogP contribution >= 0.6 is 0 Å². The van der Waals surface area contributed by atoms with Crippen molar-refractivity contribution in [3.8, 4) is 0 Å². The van der Waals surface area contributed by atoms with Crippen LogP contribution in [0.2, 0.25) is 0 Å². The number of nitrogens with one attached hydrogen (secondary N) is 1. The normalized spacial score (nSPS) is 25.8. The van der Waals surface area contributed by atoms with Crippen molar-refractivity contribution in [2.24, 2.45) is 5.41 Å². The lowest BCUT2D eigenvalue weighted by atomic mass is 9.81. The van der Waals surface area contributed by atoms with E-state index in [9.17, 15) is 0 Å². The van der Waals surface area contributed by atoms with E-state index in [-0.39, 0.29) is 0 Å². The van der Waals surface area contributed by atoms with E-state index in [1.807, 2.05) is 0 Å². The van der Waals surface area contributed by atoms with Crippen LogP contribution in [-0.2, 0) is 11.2 Å². The Kier molecular flexibility index (Phi) is 3.90. The van der Waals surface area contributed by atoms with Gasteiger partial charge in [-0.25, -0.2) is 0 Å². The van der Waals surface area contributed by atoms with Crippen molar-refractivity contribution >= 4 is 0 Å². The lowest BCUT2D eigenvalue weighted by Gasteiger charge is -2.36. The zero-order valence-electron chi connectivity index (χ0n) is 12.0. The largest absolute Gasteiger partial charge is 0.381 e. The van der Waals surface area contributed by atoms with Crippen LogP contribution in [-0.4, -0.2) is 19.8 Å². The first kappa shape index (κ1) is 13.1. The Morgan fingerprint density at radius 3 is 2.89 bits per heavy atom. The lowest BCUT2D eigenvalue weighted by Crippen LogP contribution is -2.39.